The van der Waals surface area contributed by atoms with Crippen molar-refractivity contribution >= 4 is 11.8 Å². The summed E-state index contributed by atoms with van der Waals surface area (Å²) in [5, 5.41) is 2.85. The van der Waals surface area contributed by atoms with Crippen LogP contribution in [0.4, 0.5) is 10.5 Å². The molecule has 1 saturated heterocycles. The van der Waals surface area contributed by atoms with Gasteiger partial charge in [-0.1, -0.05) is 12.1 Å². The molecule has 1 heterocycles. The standard InChI is InChI=1S/C17H28N4O2/c1-19(2)15-7-5-14(6-8-15)16(13-18-17(22)23-4)21-11-9-20(3)10-12-21/h5-8,16H,9-13H2,1-4H3,(H,18,22)/t16-/m1/s1. The molecule has 0 radical (unpaired) electrons. The minimum Gasteiger partial charge on any atom is -0.453 e. The third-order valence-electron chi connectivity index (χ3n) is 4.40. The Balaban J connectivity index is 2.12. The molecule has 2 rings (SSSR count). The molecule has 0 unspecified atom stereocenters. The molecule has 0 spiro atoms. The SMILES string of the molecule is COC(=O)NC[C@H](c1ccc(N(C)C)cc1)N1CCN(C)CC1. The Morgan fingerprint density at radius 1 is 1.22 bits per heavy atom. The van der Waals surface area contributed by atoms with Crippen LogP contribution in [0.25, 0.3) is 0 Å². The highest BCUT2D eigenvalue weighted by Gasteiger charge is 2.24. The molecule has 1 aliphatic rings. The zero-order valence-electron chi connectivity index (χ0n) is 14.6. The van der Waals surface area contributed by atoms with E-state index in [0.29, 0.717) is 6.54 Å². The third-order valence-corrected chi connectivity index (χ3v) is 4.40. The molecular weight excluding hydrogens is 292 g/mol. The fourth-order valence-electron chi connectivity index (χ4n) is 2.84. The summed E-state index contributed by atoms with van der Waals surface area (Å²) in [6.45, 7) is 4.64. The number of hydrogen-bond donors (Lipinski definition) is 1. The number of piperazine rings is 1. The van der Waals surface area contributed by atoms with E-state index in [1.165, 1.54) is 18.4 Å². The van der Waals surface area contributed by atoms with Crippen molar-refractivity contribution in [1.29, 1.82) is 0 Å². The van der Waals surface area contributed by atoms with Crippen LogP contribution in [-0.2, 0) is 4.74 Å². The molecule has 1 N–H and O–H groups in total. The predicted octanol–water partition coefficient (Wildman–Crippen LogP) is 1.40. The average Bonchev–Trinajstić information content (AvgIpc) is 2.56. The maximum absolute atomic E-state index is 11.5. The van der Waals surface area contributed by atoms with E-state index in [9.17, 15) is 4.79 Å². The monoisotopic (exact) mass is 320 g/mol. The fraction of sp³-hybridized carbons (Fsp3) is 0.588. The van der Waals surface area contributed by atoms with Crippen molar-refractivity contribution < 1.29 is 9.53 Å². The van der Waals surface area contributed by atoms with Crippen LogP contribution in [0.15, 0.2) is 24.3 Å². The van der Waals surface area contributed by atoms with E-state index in [2.05, 4.69) is 51.3 Å². The van der Waals surface area contributed by atoms with E-state index >= 15 is 0 Å². The Bertz CT molecular complexity index is 496. The van der Waals surface area contributed by atoms with Gasteiger partial charge in [-0.05, 0) is 24.7 Å². The summed E-state index contributed by atoms with van der Waals surface area (Å²) in [6.07, 6.45) is -0.381. The second kappa shape index (κ2) is 8.17. The van der Waals surface area contributed by atoms with Crippen molar-refractivity contribution in [3.63, 3.8) is 0 Å². The van der Waals surface area contributed by atoms with Crippen molar-refractivity contribution in [2.75, 3.05) is 65.9 Å². The largest absolute Gasteiger partial charge is 0.453 e. The highest BCUT2D eigenvalue weighted by Crippen LogP contribution is 2.24. The number of anilines is 1. The summed E-state index contributed by atoms with van der Waals surface area (Å²) in [4.78, 5) is 18.3. The highest BCUT2D eigenvalue weighted by molar-refractivity contribution is 5.66. The first-order valence-corrected chi connectivity index (χ1v) is 8.03. The molecule has 0 aliphatic carbocycles. The molecule has 1 aromatic carbocycles. The van der Waals surface area contributed by atoms with E-state index < -0.39 is 0 Å². The summed E-state index contributed by atoms with van der Waals surface area (Å²) in [5.41, 5.74) is 2.39. The first-order chi connectivity index (χ1) is 11.0. The quantitative estimate of drug-likeness (QED) is 0.889. The van der Waals surface area contributed by atoms with Gasteiger partial charge in [0.2, 0.25) is 0 Å². The molecule has 0 saturated carbocycles. The van der Waals surface area contributed by atoms with Crippen molar-refractivity contribution in [1.82, 2.24) is 15.1 Å². The maximum atomic E-state index is 11.5. The van der Waals surface area contributed by atoms with Gasteiger partial charge in [-0.2, -0.15) is 0 Å². The maximum Gasteiger partial charge on any atom is 0.406 e. The van der Waals surface area contributed by atoms with Crippen LogP contribution in [0.3, 0.4) is 0 Å². The van der Waals surface area contributed by atoms with Crippen molar-refractivity contribution in [2.45, 2.75) is 6.04 Å². The Morgan fingerprint density at radius 3 is 2.35 bits per heavy atom. The Kier molecular flexibility index (Phi) is 6.24. The Hall–Kier alpha value is -1.79. The number of amides is 1. The van der Waals surface area contributed by atoms with E-state index in [4.69, 9.17) is 4.74 Å². The van der Waals surface area contributed by atoms with Gasteiger partial charge in [-0.3, -0.25) is 4.90 Å². The summed E-state index contributed by atoms with van der Waals surface area (Å²) >= 11 is 0. The summed E-state index contributed by atoms with van der Waals surface area (Å²) in [6, 6.07) is 8.71. The van der Waals surface area contributed by atoms with Crippen LogP contribution in [0, 0.1) is 0 Å². The zero-order chi connectivity index (χ0) is 16.8. The lowest BCUT2D eigenvalue weighted by atomic mass is 10.0. The molecule has 6 heteroatoms. The average molecular weight is 320 g/mol. The number of alkyl carbamates (subject to hydrolysis) is 1. The van der Waals surface area contributed by atoms with Crippen LogP contribution in [0.5, 0.6) is 0 Å². The molecule has 1 aromatic rings. The van der Waals surface area contributed by atoms with Crippen LogP contribution >= 0.6 is 0 Å². The van der Waals surface area contributed by atoms with Gasteiger partial charge in [0.05, 0.1) is 13.2 Å². The molecular formula is C17H28N4O2. The van der Waals surface area contributed by atoms with Crippen LogP contribution < -0.4 is 10.2 Å². The minimum atomic E-state index is -0.381. The molecule has 0 bridgehead atoms. The topological polar surface area (TPSA) is 48.1 Å². The fourth-order valence-corrected chi connectivity index (χ4v) is 2.84. The normalized spacial score (nSPS) is 17.6. The van der Waals surface area contributed by atoms with Gasteiger partial charge in [0.1, 0.15) is 0 Å². The van der Waals surface area contributed by atoms with Crippen LogP contribution in [0.2, 0.25) is 0 Å². The second-order valence-electron chi connectivity index (χ2n) is 6.21. The lowest BCUT2D eigenvalue weighted by Gasteiger charge is -2.38. The van der Waals surface area contributed by atoms with Gasteiger partial charge in [-0.15, -0.1) is 0 Å². The molecule has 0 aromatic heterocycles. The summed E-state index contributed by atoms with van der Waals surface area (Å²) < 4.78 is 4.71. The van der Waals surface area contributed by atoms with Gasteiger partial charge in [0.25, 0.3) is 0 Å². The van der Waals surface area contributed by atoms with E-state index in [1.54, 1.807) is 0 Å². The molecule has 128 valence electrons. The van der Waals surface area contributed by atoms with E-state index in [1.807, 2.05) is 14.1 Å². The first-order valence-electron chi connectivity index (χ1n) is 8.03. The number of carbonyl (C=O) groups is 1. The summed E-state index contributed by atoms with van der Waals surface area (Å²) in [7, 11) is 7.61. The summed E-state index contributed by atoms with van der Waals surface area (Å²) in [5.74, 6) is 0. The third kappa shape index (κ3) is 4.84. The Labute approximate surface area is 139 Å². The number of likely N-dealkylation sites (N-methyl/N-ethyl adjacent to an activating group) is 1. The van der Waals surface area contributed by atoms with Gasteiger partial charge >= 0.3 is 6.09 Å². The number of nitrogens with one attached hydrogen (secondary N) is 1. The molecule has 1 amide bonds. The van der Waals surface area contributed by atoms with E-state index in [-0.39, 0.29) is 12.1 Å². The number of carbonyl (C=O) groups excluding carboxylic acids is 1. The van der Waals surface area contributed by atoms with Gasteiger partial charge < -0.3 is 19.9 Å². The molecule has 1 fully saturated rings. The van der Waals surface area contributed by atoms with Gasteiger partial charge in [0, 0.05) is 52.5 Å². The van der Waals surface area contributed by atoms with Gasteiger partial charge in [0.15, 0.2) is 0 Å². The van der Waals surface area contributed by atoms with Crippen LogP contribution in [0.1, 0.15) is 11.6 Å². The highest BCUT2D eigenvalue weighted by atomic mass is 16.5. The van der Waals surface area contributed by atoms with Crippen molar-refractivity contribution in [2.24, 2.45) is 0 Å². The number of rotatable bonds is 5. The van der Waals surface area contributed by atoms with Crippen LogP contribution in [-0.4, -0.2) is 76.9 Å². The molecule has 1 atom stereocenters. The number of ether oxygens (including phenoxy) is 1. The number of methoxy groups -OCH3 is 1. The molecule has 23 heavy (non-hydrogen) atoms. The van der Waals surface area contributed by atoms with E-state index in [0.717, 1.165) is 26.2 Å². The zero-order valence-corrected chi connectivity index (χ0v) is 14.6. The second-order valence-corrected chi connectivity index (χ2v) is 6.21. The first kappa shape index (κ1) is 17.6. The molecule has 6 nitrogen and oxygen atoms in total. The molecule has 1 aliphatic heterocycles. The predicted molar refractivity (Wildman–Crippen MR) is 93.0 cm³/mol. The number of benzene rings is 1. The van der Waals surface area contributed by atoms with Crippen molar-refractivity contribution in [3.05, 3.63) is 29.8 Å². The van der Waals surface area contributed by atoms with Gasteiger partial charge in [-0.25, -0.2) is 4.79 Å². The lowest BCUT2D eigenvalue weighted by molar-refractivity contribution is 0.107. The number of nitrogens with zero attached hydrogens (tertiary/aromatic N) is 3. The smallest absolute Gasteiger partial charge is 0.406 e. The minimum absolute atomic E-state index is 0.166. The lowest BCUT2D eigenvalue weighted by Crippen LogP contribution is -2.48. The van der Waals surface area contributed by atoms with Crippen molar-refractivity contribution in [3.8, 4) is 0 Å². The number of hydrogen-bond acceptors (Lipinski definition) is 5. The Morgan fingerprint density at radius 2 is 1.83 bits per heavy atom.